The van der Waals surface area contributed by atoms with Crippen molar-refractivity contribution >= 4 is 22.4 Å². The summed E-state index contributed by atoms with van der Waals surface area (Å²) in [7, 11) is 0. The van der Waals surface area contributed by atoms with Crippen LogP contribution in [0.3, 0.4) is 0 Å². The van der Waals surface area contributed by atoms with Gasteiger partial charge in [0.2, 0.25) is 12.7 Å². The van der Waals surface area contributed by atoms with E-state index in [1.807, 2.05) is 18.2 Å². The van der Waals surface area contributed by atoms with Crippen LogP contribution < -0.4 is 13.8 Å². The number of hydrogen-bond donors (Lipinski definition) is 1. The first-order valence-corrected chi connectivity index (χ1v) is 5.75. The molecule has 1 aromatic rings. The molecule has 0 unspecified atom stereocenters. The highest BCUT2D eigenvalue weighted by Crippen LogP contribution is 2.50. The molecule has 0 aromatic heterocycles. The molecule has 2 aliphatic rings. The summed E-state index contributed by atoms with van der Waals surface area (Å²) in [5.41, 5.74) is 0.666. The molecule has 3 rings (SSSR count). The van der Waals surface area contributed by atoms with Gasteiger partial charge in [0.15, 0.2) is 11.5 Å². The summed E-state index contributed by atoms with van der Waals surface area (Å²) in [6.45, 7) is 0.265. The number of nitrogens with one attached hydrogen (secondary N) is 1. The lowest BCUT2D eigenvalue weighted by atomic mass is 9.95. The average Bonchev–Trinajstić information content (AvgIpc) is 3.00. The Morgan fingerprint density at radius 3 is 2.75 bits per heavy atom. The Kier molecular flexibility index (Phi) is 2.13. The normalized spacial score (nSPS) is 19.2. The first-order chi connectivity index (χ1) is 7.76. The van der Waals surface area contributed by atoms with E-state index in [2.05, 4.69) is 20.8 Å². The molecule has 0 saturated heterocycles. The molecule has 5 heteroatoms. The van der Waals surface area contributed by atoms with Gasteiger partial charge in [-0.25, -0.2) is 0 Å². The molecular weight excluding hydrogens is 221 g/mol. The Hall–Kier alpha value is -1.18. The third kappa shape index (κ3) is 1.32. The smallest absolute Gasteiger partial charge is 0.310 e. The molecule has 16 heavy (non-hydrogen) atoms. The fourth-order valence-electron chi connectivity index (χ4n) is 2.10. The van der Waals surface area contributed by atoms with E-state index in [1.165, 1.54) is 0 Å². The van der Waals surface area contributed by atoms with Crippen LogP contribution in [0.15, 0.2) is 18.2 Å². The molecule has 0 spiro atoms. The molecule has 1 N–H and O–H groups in total. The summed E-state index contributed by atoms with van der Waals surface area (Å²) in [4.78, 5) is 11.8. The predicted octanol–water partition coefficient (Wildman–Crippen LogP) is 0.647. The molecular formula is C11H10AlNO3. The predicted molar refractivity (Wildman–Crippen MR) is 57.4 cm³/mol. The topological polar surface area (TPSA) is 47.6 Å². The first kappa shape index (κ1) is 10.0. The zero-order chi connectivity index (χ0) is 11.2. The van der Waals surface area contributed by atoms with Gasteiger partial charge in [-0.15, -0.1) is 0 Å². The summed E-state index contributed by atoms with van der Waals surface area (Å²) < 4.78 is 13.2. The van der Waals surface area contributed by atoms with Crippen molar-refractivity contribution in [2.45, 2.75) is 18.3 Å². The lowest BCUT2D eigenvalue weighted by Crippen LogP contribution is -2.32. The van der Waals surface area contributed by atoms with E-state index in [1.54, 1.807) is 0 Å². The maximum Gasteiger partial charge on any atom is 0.310 e. The summed E-state index contributed by atoms with van der Waals surface area (Å²) in [5.74, 6) is 1.54. The molecule has 1 saturated carbocycles. The van der Waals surface area contributed by atoms with Crippen molar-refractivity contribution in [3.05, 3.63) is 23.8 Å². The standard InChI is InChI=1S/C11H11NO3.Al/c12-10(13)11(3-4-11)7-1-2-8-9(5-7)15-6-14-8;/h1-2,5H,3-4,6H2,(H2,12,13);/q;+1/p-1. The molecule has 0 atom stereocenters. The third-order valence-corrected chi connectivity index (χ3v) is 3.50. The van der Waals surface area contributed by atoms with E-state index in [0.29, 0.717) is 0 Å². The van der Waals surface area contributed by atoms with Crippen molar-refractivity contribution in [2.24, 2.45) is 0 Å². The SMILES string of the molecule is O=C([NH][Al])C1(c2ccc3c(c2)OCO3)CC1. The monoisotopic (exact) mass is 231 g/mol. The van der Waals surface area contributed by atoms with E-state index in [-0.39, 0.29) is 18.1 Å². The summed E-state index contributed by atoms with van der Waals surface area (Å²) >= 11 is 2.26. The highest BCUT2D eigenvalue weighted by atomic mass is 27.1. The lowest BCUT2D eigenvalue weighted by molar-refractivity contribution is -0.121. The van der Waals surface area contributed by atoms with Crippen LogP contribution >= 0.6 is 0 Å². The number of ether oxygens (including phenoxy) is 2. The average molecular weight is 231 g/mol. The van der Waals surface area contributed by atoms with E-state index in [4.69, 9.17) is 9.47 Å². The van der Waals surface area contributed by atoms with Crippen molar-refractivity contribution in [3.63, 3.8) is 0 Å². The van der Waals surface area contributed by atoms with E-state index in [0.717, 1.165) is 29.9 Å². The number of carbonyl (C=O) groups excluding carboxylic acids is 1. The Balaban J connectivity index is 1.99. The van der Waals surface area contributed by atoms with Gasteiger partial charge in [0.25, 0.3) is 0 Å². The Morgan fingerprint density at radius 1 is 1.31 bits per heavy atom. The molecule has 1 aromatic carbocycles. The number of amides is 1. The minimum absolute atomic E-state index is 0.0522. The van der Waals surface area contributed by atoms with Crippen LogP contribution in [0.5, 0.6) is 11.5 Å². The van der Waals surface area contributed by atoms with E-state index in [9.17, 15) is 4.79 Å². The van der Waals surface area contributed by atoms with Crippen molar-refractivity contribution in [3.8, 4) is 11.5 Å². The maximum atomic E-state index is 11.8. The van der Waals surface area contributed by atoms with Gasteiger partial charge in [-0.2, -0.15) is 0 Å². The minimum Gasteiger partial charge on any atom is -0.463 e. The first-order valence-electron chi connectivity index (χ1n) is 5.17. The Morgan fingerprint density at radius 2 is 2.06 bits per heavy atom. The maximum absolute atomic E-state index is 11.8. The number of rotatable bonds is 2. The number of hydrogen-bond acceptors (Lipinski definition) is 3. The van der Waals surface area contributed by atoms with Gasteiger partial charge in [0.05, 0.1) is 5.41 Å². The Bertz CT molecular complexity index is 457. The zero-order valence-electron chi connectivity index (χ0n) is 8.66. The second-order valence-corrected chi connectivity index (χ2v) is 4.41. The molecule has 4 nitrogen and oxygen atoms in total. The highest BCUT2D eigenvalue weighted by Gasteiger charge is 2.50. The highest BCUT2D eigenvalue weighted by molar-refractivity contribution is 6.16. The van der Waals surface area contributed by atoms with E-state index >= 15 is 0 Å². The molecule has 0 bridgehead atoms. The molecule has 1 amide bonds. The largest absolute Gasteiger partial charge is 0.463 e. The number of fused-ring (bicyclic) bond motifs is 1. The molecule has 1 heterocycles. The second kappa shape index (κ2) is 3.41. The van der Waals surface area contributed by atoms with Gasteiger partial charge in [0, 0.05) is 0 Å². The minimum atomic E-state index is -0.345. The lowest BCUT2D eigenvalue weighted by Gasteiger charge is -2.14. The molecule has 1 fully saturated rings. The van der Waals surface area contributed by atoms with Crippen LogP contribution in [-0.2, 0) is 10.2 Å². The van der Waals surface area contributed by atoms with Gasteiger partial charge in [-0.05, 0) is 30.5 Å². The van der Waals surface area contributed by atoms with Crippen LogP contribution in [0.4, 0.5) is 0 Å². The quantitative estimate of drug-likeness (QED) is 0.760. The number of carbonyl (C=O) groups is 1. The van der Waals surface area contributed by atoms with Crippen molar-refractivity contribution in [1.29, 1.82) is 0 Å². The van der Waals surface area contributed by atoms with Crippen LogP contribution in [0, 0.1) is 0 Å². The molecule has 1 aliphatic carbocycles. The fourth-order valence-corrected chi connectivity index (χ4v) is 2.38. The zero-order valence-corrected chi connectivity index (χ0v) is 9.81. The van der Waals surface area contributed by atoms with Crippen LogP contribution in [0.1, 0.15) is 18.4 Å². The molecule has 80 valence electrons. The van der Waals surface area contributed by atoms with Crippen molar-refractivity contribution in [1.82, 2.24) is 4.30 Å². The van der Waals surface area contributed by atoms with Gasteiger partial charge in [-0.1, -0.05) is 6.07 Å². The third-order valence-electron chi connectivity index (χ3n) is 3.24. The number of benzene rings is 1. The summed E-state index contributed by atoms with van der Waals surface area (Å²) in [5, 5.41) is 0. The van der Waals surface area contributed by atoms with Gasteiger partial charge >= 0.3 is 16.5 Å². The van der Waals surface area contributed by atoms with Crippen molar-refractivity contribution in [2.75, 3.05) is 6.79 Å². The summed E-state index contributed by atoms with van der Waals surface area (Å²) in [6.07, 6.45) is 1.79. The second-order valence-electron chi connectivity index (χ2n) is 4.12. The van der Waals surface area contributed by atoms with Crippen LogP contribution in [0.2, 0.25) is 0 Å². The van der Waals surface area contributed by atoms with Crippen molar-refractivity contribution < 1.29 is 14.3 Å². The fraction of sp³-hybridized carbons (Fsp3) is 0.364. The van der Waals surface area contributed by atoms with Crippen LogP contribution in [0.25, 0.3) is 0 Å². The van der Waals surface area contributed by atoms with Gasteiger partial charge < -0.3 is 13.8 Å². The van der Waals surface area contributed by atoms with Gasteiger partial charge in [-0.3, -0.25) is 4.79 Å². The molecule has 1 aliphatic heterocycles. The van der Waals surface area contributed by atoms with E-state index < -0.39 is 0 Å². The summed E-state index contributed by atoms with van der Waals surface area (Å²) in [6, 6.07) is 5.73. The molecule has 2 radical (unpaired) electrons. The van der Waals surface area contributed by atoms with Gasteiger partial charge in [0.1, 0.15) is 0 Å². The Labute approximate surface area is 102 Å². The van der Waals surface area contributed by atoms with Crippen LogP contribution in [-0.4, -0.2) is 29.2 Å².